The van der Waals surface area contributed by atoms with Crippen LogP contribution in [0.25, 0.3) is 22.4 Å². The molecule has 3 nitrogen and oxygen atoms in total. The number of nitriles is 1. The van der Waals surface area contributed by atoms with Crippen molar-refractivity contribution in [3.63, 3.8) is 0 Å². The molecule has 1 aromatic heterocycles. The Morgan fingerprint density at radius 3 is 2.16 bits per heavy atom. The zero-order chi connectivity index (χ0) is 18.1. The molecule has 0 unspecified atom stereocenters. The topological polar surface area (TPSA) is 62.7 Å². The van der Waals surface area contributed by atoms with E-state index in [1.54, 1.807) is 42.5 Å². The fourth-order valence-electron chi connectivity index (χ4n) is 2.43. The first-order valence-electron chi connectivity index (χ1n) is 7.02. The summed E-state index contributed by atoms with van der Waals surface area (Å²) in [7, 11) is 0. The van der Waals surface area contributed by atoms with E-state index in [0.29, 0.717) is 42.5 Å². The summed E-state index contributed by atoms with van der Waals surface area (Å²) >= 11 is 24.6. The minimum Gasteiger partial charge on any atom is -0.383 e. The summed E-state index contributed by atoms with van der Waals surface area (Å²) in [6, 6.07) is 13.8. The van der Waals surface area contributed by atoms with E-state index < -0.39 is 0 Å². The van der Waals surface area contributed by atoms with Crippen molar-refractivity contribution < 1.29 is 0 Å². The second-order valence-electron chi connectivity index (χ2n) is 5.18. The van der Waals surface area contributed by atoms with Crippen LogP contribution in [0.1, 0.15) is 5.56 Å². The Hall–Kier alpha value is -1.96. The lowest BCUT2D eigenvalue weighted by Gasteiger charge is -2.12. The van der Waals surface area contributed by atoms with Crippen molar-refractivity contribution in [1.29, 1.82) is 5.26 Å². The highest BCUT2D eigenvalue weighted by Crippen LogP contribution is 2.38. The molecule has 2 aromatic carbocycles. The second-order valence-corrected chi connectivity index (χ2v) is 6.86. The smallest absolute Gasteiger partial charge is 0.142 e. The highest BCUT2D eigenvalue weighted by atomic mass is 35.5. The van der Waals surface area contributed by atoms with Gasteiger partial charge in [-0.1, -0.05) is 52.5 Å². The first-order valence-corrected chi connectivity index (χ1v) is 8.53. The molecule has 3 rings (SSSR count). The van der Waals surface area contributed by atoms with Crippen LogP contribution in [0.3, 0.4) is 0 Å². The van der Waals surface area contributed by atoms with Crippen LogP contribution >= 0.6 is 46.4 Å². The Morgan fingerprint density at radius 2 is 1.48 bits per heavy atom. The van der Waals surface area contributed by atoms with Gasteiger partial charge >= 0.3 is 0 Å². The normalized spacial score (nSPS) is 10.5. The van der Waals surface area contributed by atoms with E-state index in [1.807, 2.05) is 0 Å². The third-order valence-corrected chi connectivity index (χ3v) is 4.70. The molecule has 1 heterocycles. The van der Waals surface area contributed by atoms with Crippen molar-refractivity contribution in [3.05, 3.63) is 68.1 Å². The number of hydrogen-bond donors (Lipinski definition) is 1. The average molecular weight is 409 g/mol. The summed E-state index contributed by atoms with van der Waals surface area (Å²) < 4.78 is 0. The van der Waals surface area contributed by atoms with E-state index in [-0.39, 0.29) is 11.4 Å². The molecule has 0 fully saturated rings. The van der Waals surface area contributed by atoms with Gasteiger partial charge in [-0.3, -0.25) is 0 Å². The second kappa shape index (κ2) is 7.11. The van der Waals surface area contributed by atoms with Crippen molar-refractivity contribution in [3.8, 4) is 28.5 Å². The lowest BCUT2D eigenvalue weighted by Crippen LogP contribution is -2.00. The van der Waals surface area contributed by atoms with E-state index in [0.717, 1.165) is 0 Å². The van der Waals surface area contributed by atoms with Crippen molar-refractivity contribution in [1.82, 2.24) is 4.98 Å². The van der Waals surface area contributed by atoms with Gasteiger partial charge in [0.15, 0.2) is 0 Å². The molecule has 0 saturated heterocycles. The van der Waals surface area contributed by atoms with Gasteiger partial charge in [0.05, 0.1) is 10.7 Å². The molecule has 3 aromatic rings. The van der Waals surface area contributed by atoms with Crippen LogP contribution in [0.5, 0.6) is 0 Å². The molecule has 0 aliphatic carbocycles. The van der Waals surface area contributed by atoms with E-state index in [9.17, 15) is 5.26 Å². The van der Waals surface area contributed by atoms with E-state index in [4.69, 9.17) is 52.1 Å². The Labute approximate surface area is 164 Å². The summed E-state index contributed by atoms with van der Waals surface area (Å²) in [5.41, 5.74) is 8.49. The number of aromatic nitrogens is 1. The van der Waals surface area contributed by atoms with Crippen molar-refractivity contribution in [2.24, 2.45) is 0 Å². The number of nitrogens with two attached hydrogens (primary N) is 1. The molecule has 124 valence electrons. The van der Waals surface area contributed by atoms with E-state index >= 15 is 0 Å². The monoisotopic (exact) mass is 407 g/mol. The Balaban J connectivity index is 2.30. The molecular formula is C18H9Cl4N3. The first-order chi connectivity index (χ1) is 11.9. The standard InChI is InChI=1S/C18H9Cl4N3/c19-9-2-4-15(21)13(5-9)17-7-12(14(8-23)18(24)25-17)11-3-1-10(20)6-16(11)22/h1-7H,(H2,24,25). The minimum atomic E-state index is 0.0806. The Morgan fingerprint density at radius 1 is 0.800 bits per heavy atom. The first kappa shape index (κ1) is 17.8. The van der Waals surface area contributed by atoms with Gasteiger partial charge in [-0.25, -0.2) is 4.98 Å². The fraction of sp³-hybridized carbons (Fsp3) is 0. The number of rotatable bonds is 2. The third kappa shape index (κ3) is 3.53. The van der Waals surface area contributed by atoms with Crippen LogP contribution in [0, 0.1) is 11.3 Å². The number of nitrogen functional groups attached to an aromatic ring is 1. The van der Waals surface area contributed by atoms with Gasteiger partial charge in [-0.05, 0) is 36.4 Å². The molecular weight excluding hydrogens is 400 g/mol. The molecule has 25 heavy (non-hydrogen) atoms. The molecule has 0 atom stereocenters. The van der Waals surface area contributed by atoms with Crippen LogP contribution < -0.4 is 5.73 Å². The van der Waals surface area contributed by atoms with Crippen molar-refractivity contribution >= 4 is 52.2 Å². The van der Waals surface area contributed by atoms with Crippen molar-refractivity contribution in [2.45, 2.75) is 0 Å². The molecule has 0 saturated carbocycles. The summed E-state index contributed by atoms with van der Waals surface area (Å²) in [6.07, 6.45) is 0. The quantitative estimate of drug-likeness (QED) is 0.527. The van der Waals surface area contributed by atoms with Gasteiger partial charge in [0.25, 0.3) is 0 Å². The zero-order valence-electron chi connectivity index (χ0n) is 12.5. The van der Waals surface area contributed by atoms with Crippen LogP contribution in [-0.2, 0) is 0 Å². The molecule has 0 bridgehead atoms. The van der Waals surface area contributed by atoms with Gasteiger partial charge in [0.2, 0.25) is 0 Å². The fourth-order valence-corrected chi connectivity index (χ4v) is 3.33. The molecule has 0 spiro atoms. The maximum Gasteiger partial charge on any atom is 0.142 e. The predicted molar refractivity (Wildman–Crippen MR) is 104 cm³/mol. The Kier molecular flexibility index (Phi) is 5.08. The van der Waals surface area contributed by atoms with Gasteiger partial charge in [0, 0.05) is 31.8 Å². The maximum absolute atomic E-state index is 9.48. The molecule has 0 amide bonds. The summed E-state index contributed by atoms with van der Waals surface area (Å²) in [5.74, 6) is 0.0806. The van der Waals surface area contributed by atoms with Gasteiger partial charge in [0.1, 0.15) is 17.5 Å². The molecule has 0 aliphatic rings. The Bertz CT molecular complexity index is 1030. The highest BCUT2D eigenvalue weighted by Gasteiger charge is 2.17. The van der Waals surface area contributed by atoms with E-state index in [2.05, 4.69) is 11.1 Å². The number of benzene rings is 2. The minimum absolute atomic E-state index is 0.0806. The lowest BCUT2D eigenvalue weighted by molar-refractivity contribution is 1.31. The molecule has 0 aliphatic heterocycles. The molecule has 0 radical (unpaired) electrons. The summed E-state index contributed by atoms with van der Waals surface area (Å²) in [6.45, 7) is 0. The van der Waals surface area contributed by atoms with Crippen LogP contribution in [0.15, 0.2) is 42.5 Å². The van der Waals surface area contributed by atoms with Crippen LogP contribution in [0.4, 0.5) is 5.82 Å². The molecule has 2 N–H and O–H groups in total. The van der Waals surface area contributed by atoms with E-state index in [1.165, 1.54) is 0 Å². The number of halogens is 4. The summed E-state index contributed by atoms with van der Waals surface area (Å²) in [4.78, 5) is 4.29. The summed E-state index contributed by atoms with van der Waals surface area (Å²) in [5, 5.41) is 11.3. The van der Waals surface area contributed by atoms with Crippen LogP contribution in [0.2, 0.25) is 20.1 Å². The predicted octanol–water partition coefficient (Wildman–Crippen LogP) is 6.48. The SMILES string of the molecule is N#Cc1c(-c2ccc(Cl)cc2Cl)cc(-c2cc(Cl)ccc2Cl)nc1N. The van der Waals surface area contributed by atoms with Gasteiger partial charge < -0.3 is 5.73 Å². The number of anilines is 1. The molecule has 7 heteroatoms. The average Bonchev–Trinajstić information content (AvgIpc) is 2.56. The number of pyridine rings is 1. The lowest BCUT2D eigenvalue weighted by atomic mass is 9.98. The maximum atomic E-state index is 9.48. The van der Waals surface area contributed by atoms with Crippen LogP contribution in [-0.4, -0.2) is 4.98 Å². The highest BCUT2D eigenvalue weighted by molar-refractivity contribution is 6.37. The van der Waals surface area contributed by atoms with Gasteiger partial charge in [-0.2, -0.15) is 5.26 Å². The van der Waals surface area contributed by atoms with Crippen molar-refractivity contribution in [2.75, 3.05) is 5.73 Å². The van der Waals surface area contributed by atoms with Gasteiger partial charge in [-0.15, -0.1) is 0 Å². The third-order valence-electron chi connectivity index (χ3n) is 3.58. The zero-order valence-corrected chi connectivity index (χ0v) is 15.5. The number of nitrogens with zero attached hydrogens (tertiary/aromatic N) is 2. The number of hydrogen-bond acceptors (Lipinski definition) is 3. The largest absolute Gasteiger partial charge is 0.383 e.